The Morgan fingerprint density at radius 2 is 1.90 bits per heavy atom. The molecule has 0 amide bonds. The highest BCUT2D eigenvalue weighted by Crippen LogP contribution is 2.38. The van der Waals surface area contributed by atoms with Crippen LogP contribution in [0.2, 0.25) is 0 Å². The molecule has 0 saturated heterocycles. The smallest absolute Gasteiger partial charge is 0.383 e. The number of nitrogens with zero attached hydrogens (tertiary/aromatic N) is 1. The first-order chi connectivity index (χ1) is 9.73. The normalized spacial score (nSPS) is 20.6. The van der Waals surface area contributed by atoms with Gasteiger partial charge in [0.25, 0.3) is 0 Å². The zero-order valence-electron chi connectivity index (χ0n) is 13.4. The molecule has 21 heavy (non-hydrogen) atoms. The third-order valence-electron chi connectivity index (χ3n) is 4.64. The third-order valence-corrected chi connectivity index (χ3v) is 4.64. The van der Waals surface area contributed by atoms with Gasteiger partial charge in [0.15, 0.2) is 0 Å². The van der Waals surface area contributed by atoms with E-state index < -0.39 is 18.1 Å². The molecule has 2 N–H and O–H groups in total. The molecule has 2 atom stereocenters. The molecule has 1 aliphatic rings. The summed E-state index contributed by atoms with van der Waals surface area (Å²) in [6.45, 7) is 5.80. The number of hydrogen-bond acceptors (Lipinski definition) is 3. The molecule has 126 valence electrons. The molecular weight excluding hydrogens is 281 g/mol. The molecule has 0 radical (unpaired) electrons. The number of ether oxygens (including phenoxy) is 1. The Balaban J connectivity index is 2.67. The fourth-order valence-electron chi connectivity index (χ4n) is 3.02. The summed E-state index contributed by atoms with van der Waals surface area (Å²) >= 11 is 0. The van der Waals surface area contributed by atoms with Gasteiger partial charge in [0.1, 0.15) is 0 Å². The average molecular weight is 310 g/mol. The van der Waals surface area contributed by atoms with Crippen LogP contribution in [0.1, 0.15) is 46.0 Å². The van der Waals surface area contributed by atoms with Crippen LogP contribution in [0.15, 0.2) is 0 Å². The van der Waals surface area contributed by atoms with Gasteiger partial charge in [-0.15, -0.1) is 0 Å². The molecule has 0 bridgehead atoms. The third kappa shape index (κ3) is 6.12. The highest BCUT2D eigenvalue weighted by Gasteiger charge is 2.40. The van der Waals surface area contributed by atoms with Crippen LogP contribution >= 0.6 is 0 Å². The molecule has 2 unspecified atom stereocenters. The van der Waals surface area contributed by atoms with E-state index in [1.807, 2.05) is 6.92 Å². The zero-order valence-corrected chi connectivity index (χ0v) is 13.4. The van der Waals surface area contributed by atoms with Crippen molar-refractivity contribution in [2.75, 3.05) is 26.8 Å². The SMILES string of the molecule is COCCN(C(C)C1CC1)C(C)(CN)CCCC(F)(F)F. The number of methoxy groups -OCH3 is 1. The fourth-order valence-corrected chi connectivity index (χ4v) is 3.02. The van der Waals surface area contributed by atoms with Crippen molar-refractivity contribution in [2.24, 2.45) is 11.7 Å². The van der Waals surface area contributed by atoms with E-state index in [1.54, 1.807) is 7.11 Å². The van der Waals surface area contributed by atoms with Crippen LogP contribution < -0.4 is 5.73 Å². The van der Waals surface area contributed by atoms with Crippen LogP contribution in [0.25, 0.3) is 0 Å². The summed E-state index contributed by atoms with van der Waals surface area (Å²) in [6.07, 6.45) is -1.84. The molecule has 0 aromatic rings. The van der Waals surface area contributed by atoms with Gasteiger partial charge in [-0.1, -0.05) is 0 Å². The van der Waals surface area contributed by atoms with Gasteiger partial charge in [-0.05, 0) is 45.4 Å². The van der Waals surface area contributed by atoms with Crippen molar-refractivity contribution in [3.8, 4) is 0 Å². The van der Waals surface area contributed by atoms with Crippen molar-refractivity contribution in [3.63, 3.8) is 0 Å². The quantitative estimate of drug-likeness (QED) is 0.673. The van der Waals surface area contributed by atoms with Crippen LogP contribution in [0, 0.1) is 5.92 Å². The predicted octanol–water partition coefficient (Wildman–Crippen LogP) is 3.18. The van der Waals surface area contributed by atoms with Crippen molar-refractivity contribution < 1.29 is 17.9 Å². The molecule has 1 aliphatic carbocycles. The van der Waals surface area contributed by atoms with E-state index in [9.17, 15) is 13.2 Å². The summed E-state index contributed by atoms with van der Waals surface area (Å²) < 4.78 is 42.3. The highest BCUT2D eigenvalue weighted by molar-refractivity contribution is 4.95. The van der Waals surface area contributed by atoms with Crippen molar-refractivity contribution in [2.45, 2.75) is 63.7 Å². The second-order valence-electron chi connectivity index (χ2n) is 6.43. The van der Waals surface area contributed by atoms with Gasteiger partial charge in [-0.2, -0.15) is 13.2 Å². The lowest BCUT2D eigenvalue weighted by atomic mass is 9.90. The summed E-state index contributed by atoms with van der Waals surface area (Å²) in [5, 5.41) is 0. The Morgan fingerprint density at radius 3 is 2.33 bits per heavy atom. The lowest BCUT2D eigenvalue weighted by Gasteiger charge is -2.45. The van der Waals surface area contributed by atoms with Gasteiger partial charge in [0, 0.05) is 38.2 Å². The van der Waals surface area contributed by atoms with E-state index in [2.05, 4.69) is 11.8 Å². The predicted molar refractivity (Wildman–Crippen MR) is 78.1 cm³/mol. The minimum atomic E-state index is -4.09. The second kappa shape index (κ2) is 7.79. The van der Waals surface area contributed by atoms with Gasteiger partial charge in [-0.3, -0.25) is 4.90 Å². The van der Waals surface area contributed by atoms with Crippen LogP contribution in [0.5, 0.6) is 0 Å². The Morgan fingerprint density at radius 1 is 1.29 bits per heavy atom. The Bertz CT molecular complexity index is 308. The monoisotopic (exact) mass is 310 g/mol. The standard InChI is InChI=1S/C15H29F3N2O/c1-12(13-5-6-13)20(9-10-21-3)14(2,11-19)7-4-8-15(16,17)18/h12-13H,4-11,19H2,1-3H3. The van der Waals surface area contributed by atoms with E-state index in [-0.39, 0.29) is 6.42 Å². The Kier molecular flexibility index (Phi) is 6.94. The number of rotatable bonds is 10. The molecular formula is C15H29F3N2O. The topological polar surface area (TPSA) is 38.5 Å². The van der Waals surface area contributed by atoms with Gasteiger partial charge in [0.05, 0.1) is 6.61 Å². The van der Waals surface area contributed by atoms with Crippen molar-refractivity contribution >= 4 is 0 Å². The maximum atomic E-state index is 12.4. The van der Waals surface area contributed by atoms with Crippen LogP contribution in [-0.4, -0.2) is 49.5 Å². The second-order valence-corrected chi connectivity index (χ2v) is 6.43. The molecule has 0 aliphatic heterocycles. The van der Waals surface area contributed by atoms with Gasteiger partial charge in [0.2, 0.25) is 0 Å². The minimum Gasteiger partial charge on any atom is -0.383 e. The van der Waals surface area contributed by atoms with E-state index >= 15 is 0 Å². The molecule has 0 heterocycles. The first kappa shape index (κ1) is 18.7. The average Bonchev–Trinajstić information content (AvgIpc) is 3.21. The largest absolute Gasteiger partial charge is 0.389 e. The first-order valence-electron chi connectivity index (χ1n) is 7.76. The van der Waals surface area contributed by atoms with E-state index in [1.165, 1.54) is 12.8 Å². The fraction of sp³-hybridized carbons (Fsp3) is 1.00. The van der Waals surface area contributed by atoms with Gasteiger partial charge in [-0.25, -0.2) is 0 Å². The van der Waals surface area contributed by atoms with E-state index in [0.29, 0.717) is 38.1 Å². The molecule has 3 nitrogen and oxygen atoms in total. The molecule has 0 aromatic heterocycles. The number of nitrogens with two attached hydrogens (primary N) is 1. The summed E-state index contributed by atoms with van der Waals surface area (Å²) in [5.41, 5.74) is 5.53. The van der Waals surface area contributed by atoms with Crippen molar-refractivity contribution in [1.82, 2.24) is 4.90 Å². The number of halogens is 3. The number of alkyl halides is 3. The maximum Gasteiger partial charge on any atom is 0.389 e. The Hall–Kier alpha value is -0.330. The molecule has 1 rings (SSSR count). The van der Waals surface area contributed by atoms with E-state index in [0.717, 1.165) is 0 Å². The summed E-state index contributed by atoms with van der Waals surface area (Å²) in [7, 11) is 1.64. The van der Waals surface area contributed by atoms with Crippen LogP contribution in [0.4, 0.5) is 13.2 Å². The van der Waals surface area contributed by atoms with E-state index in [4.69, 9.17) is 10.5 Å². The maximum absolute atomic E-state index is 12.4. The summed E-state index contributed by atoms with van der Waals surface area (Å²) in [5.74, 6) is 0.648. The lowest BCUT2D eigenvalue weighted by molar-refractivity contribution is -0.137. The molecule has 0 spiro atoms. The molecule has 1 fully saturated rings. The number of hydrogen-bond donors (Lipinski definition) is 1. The Labute approximate surface area is 126 Å². The summed E-state index contributed by atoms with van der Waals surface area (Å²) in [4.78, 5) is 2.27. The zero-order chi connectivity index (χ0) is 16.1. The minimum absolute atomic E-state index is 0.123. The summed E-state index contributed by atoms with van der Waals surface area (Å²) in [6, 6.07) is 0.347. The molecule has 6 heteroatoms. The van der Waals surface area contributed by atoms with Crippen LogP contribution in [0.3, 0.4) is 0 Å². The van der Waals surface area contributed by atoms with Gasteiger partial charge < -0.3 is 10.5 Å². The highest BCUT2D eigenvalue weighted by atomic mass is 19.4. The first-order valence-corrected chi connectivity index (χ1v) is 7.76. The van der Waals surface area contributed by atoms with Crippen molar-refractivity contribution in [3.05, 3.63) is 0 Å². The lowest BCUT2D eigenvalue weighted by Crippen LogP contribution is -2.56. The molecule has 0 aromatic carbocycles. The molecule has 1 saturated carbocycles. The van der Waals surface area contributed by atoms with Crippen LogP contribution in [-0.2, 0) is 4.74 Å². The van der Waals surface area contributed by atoms with Crippen molar-refractivity contribution in [1.29, 1.82) is 0 Å². The van der Waals surface area contributed by atoms with Gasteiger partial charge >= 0.3 is 6.18 Å².